The lowest BCUT2D eigenvalue weighted by molar-refractivity contribution is -0.157. The average molecular weight is 490 g/mol. The van der Waals surface area contributed by atoms with Crippen LogP contribution >= 0.6 is 0 Å². The van der Waals surface area contributed by atoms with Crippen molar-refractivity contribution in [3.05, 3.63) is 59.2 Å². The maximum Gasteiger partial charge on any atom is 0.344 e. The number of carbonyl (C=O) groups excluding carboxylic acids is 2. The molecule has 0 atom stereocenters. The number of anilines is 1. The molecule has 0 aliphatic heterocycles. The summed E-state index contributed by atoms with van der Waals surface area (Å²) in [6.45, 7) is 8.30. The molecule has 0 bridgehead atoms. The predicted octanol–water partition coefficient (Wildman–Crippen LogP) is 2.94. The lowest BCUT2D eigenvalue weighted by Gasteiger charge is -2.25. The highest BCUT2D eigenvalue weighted by Gasteiger charge is 2.23. The van der Waals surface area contributed by atoms with Crippen LogP contribution in [0.25, 0.3) is 0 Å². The zero-order chi connectivity index (χ0) is 25.5. The molecule has 0 spiro atoms. The summed E-state index contributed by atoms with van der Waals surface area (Å²) in [6.07, 6.45) is 2.47. The summed E-state index contributed by atoms with van der Waals surface area (Å²) in [5.41, 5.74) is 4.41. The number of hydrogen-bond acceptors (Lipinski definition) is 7. The number of amides is 1. The molecule has 184 valence electrons. The second-order valence-electron chi connectivity index (χ2n) is 8.75. The fourth-order valence-corrected chi connectivity index (χ4v) is 4.04. The number of hydrogen-bond donors (Lipinski definition) is 1. The molecule has 1 N–H and O–H groups in total. The van der Waals surface area contributed by atoms with Gasteiger partial charge in [0.25, 0.3) is 5.91 Å². The van der Waals surface area contributed by atoms with Gasteiger partial charge in [0, 0.05) is 0 Å². The van der Waals surface area contributed by atoms with Crippen molar-refractivity contribution in [3.63, 3.8) is 0 Å². The van der Waals surface area contributed by atoms with Crippen LogP contribution in [0.3, 0.4) is 0 Å². The van der Waals surface area contributed by atoms with Crippen LogP contribution in [0.1, 0.15) is 37.5 Å². The van der Waals surface area contributed by atoms with E-state index in [0.29, 0.717) is 17.0 Å². The number of carbonyl (C=O) groups is 2. The Morgan fingerprint density at radius 1 is 1.06 bits per heavy atom. The van der Waals surface area contributed by atoms with Crippen molar-refractivity contribution in [1.82, 2.24) is 5.43 Å². The number of nitrogens with one attached hydrogen (secondary N) is 1. The molecule has 0 heterocycles. The third-order valence-corrected chi connectivity index (χ3v) is 5.55. The summed E-state index contributed by atoms with van der Waals surface area (Å²) < 4.78 is 36.3. The Morgan fingerprint density at radius 2 is 1.65 bits per heavy atom. The first-order valence-corrected chi connectivity index (χ1v) is 12.4. The minimum atomic E-state index is -3.69. The lowest BCUT2D eigenvalue weighted by atomic mass is 10.1. The summed E-state index contributed by atoms with van der Waals surface area (Å²) in [6, 6.07) is 12.1. The van der Waals surface area contributed by atoms with Crippen molar-refractivity contribution in [1.29, 1.82) is 0 Å². The summed E-state index contributed by atoms with van der Waals surface area (Å²) in [7, 11) is -3.69. The van der Waals surface area contributed by atoms with Crippen molar-refractivity contribution in [2.75, 3.05) is 23.7 Å². The van der Waals surface area contributed by atoms with Crippen LogP contribution in [0.5, 0.6) is 5.75 Å². The second-order valence-corrected chi connectivity index (χ2v) is 10.7. The quantitative estimate of drug-likeness (QED) is 0.329. The molecule has 0 saturated carbocycles. The minimum Gasteiger partial charge on any atom is -0.482 e. The number of hydrazone groups is 1. The number of nitrogens with zero attached hydrogens (tertiary/aromatic N) is 2. The van der Waals surface area contributed by atoms with E-state index < -0.39 is 34.0 Å². The van der Waals surface area contributed by atoms with Gasteiger partial charge in [-0.3, -0.25) is 9.10 Å². The zero-order valence-electron chi connectivity index (χ0n) is 20.3. The van der Waals surface area contributed by atoms with Gasteiger partial charge in [-0.25, -0.2) is 18.6 Å². The predicted molar refractivity (Wildman–Crippen MR) is 132 cm³/mol. The first-order valence-electron chi connectivity index (χ1n) is 10.6. The number of aryl methyl sites for hydroxylation is 2. The van der Waals surface area contributed by atoms with Crippen LogP contribution in [0.15, 0.2) is 47.6 Å². The number of para-hydroxylation sites is 1. The summed E-state index contributed by atoms with van der Waals surface area (Å²) in [4.78, 5) is 24.1. The number of sulfonamides is 1. The van der Waals surface area contributed by atoms with Crippen LogP contribution in [0.2, 0.25) is 0 Å². The van der Waals surface area contributed by atoms with Crippen molar-refractivity contribution in [2.24, 2.45) is 5.10 Å². The van der Waals surface area contributed by atoms with Gasteiger partial charge in [-0.1, -0.05) is 18.2 Å². The Labute approximate surface area is 200 Å². The molecule has 2 aromatic rings. The molecule has 0 aliphatic rings. The van der Waals surface area contributed by atoms with Gasteiger partial charge in [-0.15, -0.1) is 0 Å². The average Bonchev–Trinajstić information content (AvgIpc) is 2.70. The molecule has 0 unspecified atom stereocenters. The number of benzene rings is 2. The SMILES string of the molecule is Cc1cccc(C)c1N(CC(=O)N/N=C\c1ccc(OCC(=O)OC(C)(C)C)cc1)S(C)(=O)=O. The fraction of sp³-hybridized carbons (Fsp3) is 0.375. The van der Waals surface area contributed by atoms with Gasteiger partial charge < -0.3 is 9.47 Å². The fourth-order valence-electron chi connectivity index (χ4n) is 3.07. The van der Waals surface area contributed by atoms with Crippen LogP contribution < -0.4 is 14.5 Å². The summed E-state index contributed by atoms with van der Waals surface area (Å²) in [5, 5.41) is 3.90. The molecular weight excluding hydrogens is 458 g/mol. The molecule has 0 fully saturated rings. The lowest BCUT2D eigenvalue weighted by Crippen LogP contribution is -2.39. The molecule has 1 amide bonds. The van der Waals surface area contributed by atoms with Crippen LogP contribution in [0.4, 0.5) is 5.69 Å². The molecule has 2 aromatic carbocycles. The number of ether oxygens (including phenoxy) is 2. The van der Waals surface area contributed by atoms with Gasteiger partial charge in [0.05, 0.1) is 18.2 Å². The highest BCUT2D eigenvalue weighted by atomic mass is 32.2. The Morgan fingerprint density at radius 3 is 2.18 bits per heavy atom. The van der Waals surface area contributed by atoms with Gasteiger partial charge in [-0.2, -0.15) is 5.10 Å². The van der Waals surface area contributed by atoms with Gasteiger partial charge in [0.1, 0.15) is 17.9 Å². The third kappa shape index (κ3) is 8.51. The molecule has 0 aromatic heterocycles. The number of rotatable bonds is 9. The highest BCUT2D eigenvalue weighted by Crippen LogP contribution is 2.26. The summed E-state index contributed by atoms with van der Waals surface area (Å²) >= 11 is 0. The molecule has 0 radical (unpaired) electrons. The van der Waals surface area contributed by atoms with E-state index in [9.17, 15) is 18.0 Å². The molecule has 34 heavy (non-hydrogen) atoms. The van der Waals surface area contributed by atoms with E-state index >= 15 is 0 Å². The van der Waals surface area contributed by atoms with Gasteiger partial charge in [0.15, 0.2) is 6.61 Å². The van der Waals surface area contributed by atoms with E-state index in [1.54, 1.807) is 71.0 Å². The standard InChI is InChI=1S/C24H31N3O6S/c1-17-8-7-9-18(2)23(17)27(34(6,30)31)15-21(28)26-25-14-19-10-12-20(13-11-19)32-16-22(29)33-24(3,4)5/h7-14H,15-16H2,1-6H3,(H,26,28)/b25-14-. The maximum atomic E-state index is 12.4. The third-order valence-electron chi connectivity index (χ3n) is 4.44. The molecule has 0 aliphatic carbocycles. The van der Waals surface area contributed by atoms with E-state index in [1.807, 2.05) is 6.07 Å². The summed E-state index contributed by atoms with van der Waals surface area (Å²) in [5.74, 6) is -0.573. The van der Waals surface area contributed by atoms with E-state index in [4.69, 9.17) is 9.47 Å². The maximum absolute atomic E-state index is 12.4. The zero-order valence-corrected chi connectivity index (χ0v) is 21.1. The second kappa shape index (κ2) is 11.1. The monoisotopic (exact) mass is 489 g/mol. The number of esters is 1. The largest absolute Gasteiger partial charge is 0.482 e. The molecule has 2 rings (SSSR count). The normalized spacial score (nSPS) is 11.8. The van der Waals surface area contributed by atoms with Gasteiger partial charge in [0.2, 0.25) is 10.0 Å². The Kier molecular flexibility index (Phi) is 8.80. The van der Waals surface area contributed by atoms with E-state index in [1.165, 1.54) is 6.21 Å². The highest BCUT2D eigenvalue weighted by molar-refractivity contribution is 7.92. The van der Waals surface area contributed by atoms with Gasteiger partial charge >= 0.3 is 5.97 Å². The van der Waals surface area contributed by atoms with E-state index in [0.717, 1.165) is 21.7 Å². The van der Waals surface area contributed by atoms with Gasteiger partial charge in [-0.05, 0) is 75.6 Å². The Balaban J connectivity index is 1.95. The topological polar surface area (TPSA) is 114 Å². The van der Waals surface area contributed by atoms with Crippen molar-refractivity contribution < 1.29 is 27.5 Å². The Bertz CT molecular complexity index is 1130. The first-order chi connectivity index (χ1) is 15.8. The molecular formula is C24H31N3O6S. The van der Waals surface area contributed by atoms with Crippen molar-refractivity contribution in [2.45, 2.75) is 40.2 Å². The van der Waals surface area contributed by atoms with Crippen LogP contribution in [0, 0.1) is 13.8 Å². The first kappa shape index (κ1) is 26.8. The van der Waals surface area contributed by atoms with E-state index in [2.05, 4.69) is 10.5 Å². The van der Waals surface area contributed by atoms with E-state index in [-0.39, 0.29) is 6.61 Å². The Hall–Kier alpha value is -3.40. The van der Waals surface area contributed by atoms with Crippen LogP contribution in [-0.2, 0) is 24.3 Å². The van der Waals surface area contributed by atoms with Crippen LogP contribution in [-0.4, -0.2) is 51.5 Å². The minimum absolute atomic E-state index is 0.210. The smallest absolute Gasteiger partial charge is 0.344 e. The van der Waals surface area contributed by atoms with Crippen molar-refractivity contribution >= 4 is 33.8 Å². The molecule has 9 nitrogen and oxygen atoms in total. The molecule has 0 saturated heterocycles. The molecule has 10 heteroatoms. The van der Waals surface area contributed by atoms with Crippen molar-refractivity contribution in [3.8, 4) is 5.75 Å².